The van der Waals surface area contributed by atoms with E-state index < -0.39 is 65.2 Å². The van der Waals surface area contributed by atoms with Crippen LogP contribution in [0.4, 0.5) is 35.5 Å². The molecule has 1 heterocycles. The number of hydrogen-bond acceptors (Lipinski definition) is 2. The predicted octanol–water partition coefficient (Wildman–Crippen LogP) is 7.41. The average molecular weight is 577 g/mol. The smallest absolute Gasteiger partial charge is 0.416 e. The molecule has 40 heavy (non-hydrogen) atoms. The van der Waals surface area contributed by atoms with Crippen molar-refractivity contribution in [2.75, 3.05) is 13.6 Å². The molecule has 3 atom stereocenters. The highest BCUT2D eigenvalue weighted by atomic mass is 19.4. The Morgan fingerprint density at radius 1 is 0.975 bits per heavy atom. The number of likely N-dealkylation sites (tertiary alicyclic amines) is 1. The summed E-state index contributed by atoms with van der Waals surface area (Å²) in [6, 6.07) is 6.11. The Hall–Kier alpha value is -3.31. The van der Waals surface area contributed by atoms with Crippen molar-refractivity contribution in [2.45, 2.75) is 64.5 Å². The van der Waals surface area contributed by atoms with Crippen LogP contribution in [0.5, 0.6) is 0 Å². The van der Waals surface area contributed by atoms with E-state index in [0.29, 0.717) is 24.1 Å². The highest BCUT2D eigenvalue weighted by molar-refractivity contribution is 5.77. The van der Waals surface area contributed by atoms with Gasteiger partial charge in [-0.2, -0.15) is 26.3 Å². The zero-order chi connectivity index (χ0) is 30.2. The first kappa shape index (κ1) is 31.2. The van der Waals surface area contributed by atoms with Crippen LogP contribution >= 0.6 is 0 Å². The third-order valence-electron chi connectivity index (χ3n) is 7.28. The maximum absolute atomic E-state index is 13.7. The van der Waals surface area contributed by atoms with Gasteiger partial charge in [0.2, 0.25) is 5.91 Å². The molecular formula is C28H31F7N2O3. The van der Waals surface area contributed by atoms with E-state index in [0.717, 1.165) is 4.90 Å². The number of carbonyl (C=O) groups excluding carboxylic acids is 1. The van der Waals surface area contributed by atoms with Crippen molar-refractivity contribution in [3.05, 3.63) is 70.5 Å². The molecule has 3 rings (SSSR count). The van der Waals surface area contributed by atoms with Gasteiger partial charge in [0.1, 0.15) is 5.82 Å². The number of benzene rings is 2. The molecule has 0 spiro atoms. The highest BCUT2D eigenvalue weighted by Crippen LogP contribution is 2.46. The Labute approximate surface area is 227 Å². The first-order valence-electron chi connectivity index (χ1n) is 12.6. The first-order chi connectivity index (χ1) is 18.3. The van der Waals surface area contributed by atoms with Crippen LogP contribution in [0.15, 0.2) is 42.5 Å². The molecule has 0 saturated carbocycles. The van der Waals surface area contributed by atoms with Crippen LogP contribution in [0.25, 0.3) is 0 Å². The predicted molar refractivity (Wildman–Crippen MR) is 133 cm³/mol. The molecule has 12 heteroatoms. The molecule has 1 aliphatic rings. The molecule has 0 radical (unpaired) electrons. The number of halogens is 7. The fourth-order valence-corrected chi connectivity index (χ4v) is 5.60. The fourth-order valence-electron chi connectivity index (χ4n) is 5.60. The molecule has 1 saturated heterocycles. The van der Waals surface area contributed by atoms with Gasteiger partial charge in [0.15, 0.2) is 0 Å². The minimum atomic E-state index is -5.02. The second-order valence-electron chi connectivity index (χ2n) is 11.3. The van der Waals surface area contributed by atoms with Crippen LogP contribution in [-0.4, -0.2) is 46.5 Å². The highest BCUT2D eigenvalue weighted by Gasteiger charge is 2.47. The number of nitrogens with zero attached hydrogens (tertiary/aromatic N) is 2. The van der Waals surface area contributed by atoms with Crippen LogP contribution in [-0.2, 0) is 23.7 Å². The van der Waals surface area contributed by atoms with Gasteiger partial charge in [0, 0.05) is 32.6 Å². The zero-order valence-corrected chi connectivity index (χ0v) is 22.4. The van der Waals surface area contributed by atoms with Crippen molar-refractivity contribution in [2.24, 2.45) is 11.3 Å². The molecular weight excluding hydrogens is 545 g/mol. The molecule has 220 valence electrons. The van der Waals surface area contributed by atoms with E-state index in [-0.39, 0.29) is 30.5 Å². The third kappa shape index (κ3) is 7.25. The third-order valence-corrected chi connectivity index (χ3v) is 7.28. The summed E-state index contributed by atoms with van der Waals surface area (Å²) in [5.41, 5.74) is -3.25. The molecule has 2 amide bonds. The van der Waals surface area contributed by atoms with Crippen LogP contribution in [0, 0.1) is 17.2 Å². The molecule has 0 aliphatic carbocycles. The number of carboxylic acid groups (broad SMARTS) is 1. The van der Waals surface area contributed by atoms with E-state index >= 15 is 0 Å². The topological polar surface area (TPSA) is 60.9 Å². The molecule has 2 aromatic carbocycles. The Morgan fingerprint density at radius 2 is 1.50 bits per heavy atom. The van der Waals surface area contributed by atoms with Crippen molar-refractivity contribution >= 4 is 12.0 Å². The molecule has 3 unspecified atom stereocenters. The molecule has 5 nitrogen and oxygen atoms in total. The van der Waals surface area contributed by atoms with Gasteiger partial charge in [0.05, 0.1) is 11.1 Å². The van der Waals surface area contributed by atoms with Crippen molar-refractivity contribution in [1.29, 1.82) is 0 Å². The van der Waals surface area contributed by atoms with E-state index in [1.165, 1.54) is 36.2 Å². The van der Waals surface area contributed by atoms with Crippen LogP contribution < -0.4 is 0 Å². The van der Waals surface area contributed by atoms with E-state index in [2.05, 4.69) is 0 Å². The summed E-state index contributed by atoms with van der Waals surface area (Å²) in [6.45, 7) is 5.30. The summed E-state index contributed by atoms with van der Waals surface area (Å²) >= 11 is 0. The molecule has 0 aromatic heterocycles. The van der Waals surface area contributed by atoms with Gasteiger partial charge < -0.3 is 14.9 Å². The lowest BCUT2D eigenvalue weighted by Crippen LogP contribution is -2.47. The average Bonchev–Trinajstić information content (AvgIpc) is 3.28. The lowest BCUT2D eigenvalue weighted by molar-refractivity contribution is -0.143. The van der Waals surface area contributed by atoms with E-state index in [9.17, 15) is 45.4 Å². The van der Waals surface area contributed by atoms with Gasteiger partial charge in [-0.25, -0.2) is 9.18 Å². The van der Waals surface area contributed by atoms with E-state index in [1.54, 1.807) is 0 Å². The van der Waals surface area contributed by atoms with E-state index in [4.69, 9.17) is 0 Å². The van der Waals surface area contributed by atoms with Crippen molar-refractivity contribution in [3.8, 4) is 0 Å². The van der Waals surface area contributed by atoms with Gasteiger partial charge in [-0.1, -0.05) is 32.9 Å². The van der Waals surface area contributed by atoms with Crippen molar-refractivity contribution < 1.29 is 45.4 Å². The monoisotopic (exact) mass is 576 g/mol. The maximum atomic E-state index is 13.7. The summed E-state index contributed by atoms with van der Waals surface area (Å²) < 4.78 is 93.5. The molecule has 1 fully saturated rings. The molecule has 2 aromatic rings. The molecule has 1 N–H and O–H groups in total. The lowest BCUT2D eigenvalue weighted by atomic mass is 9.71. The van der Waals surface area contributed by atoms with Crippen LogP contribution in [0.1, 0.15) is 61.8 Å². The Balaban J connectivity index is 1.94. The van der Waals surface area contributed by atoms with Gasteiger partial charge in [-0.15, -0.1) is 0 Å². The largest absolute Gasteiger partial charge is 0.465 e. The first-order valence-corrected chi connectivity index (χ1v) is 12.6. The molecule has 0 bridgehead atoms. The van der Waals surface area contributed by atoms with Gasteiger partial charge in [-0.3, -0.25) is 4.79 Å². The normalized spacial score (nSPS) is 19.0. The number of rotatable bonds is 6. The second-order valence-corrected chi connectivity index (χ2v) is 11.3. The fraction of sp³-hybridized carbons (Fsp3) is 0.500. The minimum absolute atomic E-state index is 0.0246. The van der Waals surface area contributed by atoms with Crippen molar-refractivity contribution in [1.82, 2.24) is 9.80 Å². The standard InChI is InChI=1S/C28H31F7N2O3/c1-26(2,3)24-21(9-10-37(24)25(39)40)22(17-5-7-20(29)8-6-17)14-23(38)36(4)15-16-11-18(27(30,31)32)13-19(12-16)28(33,34)35/h5-8,11-13,21-22,24H,9-10,14-15H2,1-4H3,(H,39,40). The van der Waals surface area contributed by atoms with Crippen LogP contribution in [0.3, 0.4) is 0 Å². The Bertz CT molecular complexity index is 1190. The van der Waals surface area contributed by atoms with Gasteiger partial charge in [-0.05, 0) is 65.1 Å². The minimum Gasteiger partial charge on any atom is -0.465 e. The number of alkyl halides is 6. The summed E-state index contributed by atoms with van der Waals surface area (Å²) in [4.78, 5) is 27.7. The van der Waals surface area contributed by atoms with Gasteiger partial charge >= 0.3 is 18.4 Å². The Kier molecular flexibility index (Phi) is 8.81. The summed E-state index contributed by atoms with van der Waals surface area (Å²) in [5, 5.41) is 9.79. The lowest BCUT2D eigenvalue weighted by Gasteiger charge is -2.40. The van der Waals surface area contributed by atoms with Gasteiger partial charge in [0.25, 0.3) is 0 Å². The number of hydrogen-bond donors (Lipinski definition) is 1. The Morgan fingerprint density at radius 3 is 1.95 bits per heavy atom. The van der Waals surface area contributed by atoms with E-state index in [1.807, 2.05) is 20.8 Å². The van der Waals surface area contributed by atoms with Crippen LogP contribution in [0.2, 0.25) is 0 Å². The number of amides is 2. The summed E-state index contributed by atoms with van der Waals surface area (Å²) in [5.74, 6) is -2.02. The zero-order valence-electron chi connectivity index (χ0n) is 22.4. The quantitative estimate of drug-likeness (QED) is 0.365. The number of carbonyl (C=O) groups is 2. The maximum Gasteiger partial charge on any atom is 0.416 e. The summed E-state index contributed by atoms with van der Waals surface area (Å²) in [7, 11) is 1.27. The van der Waals surface area contributed by atoms with Crippen molar-refractivity contribution in [3.63, 3.8) is 0 Å². The summed E-state index contributed by atoms with van der Waals surface area (Å²) in [6.07, 6.45) is -11.0. The molecule has 1 aliphatic heterocycles. The SMILES string of the molecule is CN(Cc1cc(C(F)(F)F)cc(C(F)(F)F)c1)C(=O)CC(c1ccc(F)cc1)C1CCN(C(=O)O)C1C(C)(C)C. The second kappa shape index (κ2) is 11.3.